The van der Waals surface area contributed by atoms with Crippen LogP contribution < -0.4 is 5.32 Å². The maximum absolute atomic E-state index is 12.0. The molecule has 1 N–H and O–H groups in total. The molecule has 0 spiro atoms. The molecular formula is C14H30N2O2S. The number of hydrogen-bond acceptors (Lipinski definition) is 4. The summed E-state index contributed by atoms with van der Waals surface area (Å²) in [7, 11) is -2.94. The summed E-state index contributed by atoms with van der Waals surface area (Å²) in [6, 6.07) is 0.473. The minimum absolute atomic E-state index is 0.0752. The van der Waals surface area contributed by atoms with Crippen molar-refractivity contribution >= 4 is 9.84 Å². The summed E-state index contributed by atoms with van der Waals surface area (Å²) < 4.78 is 23.9. The molecule has 0 bridgehead atoms. The SMILES string of the molecule is CCCC1CNC(C)(C)CN1CCS(=O)(=O)C(C)C. The summed E-state index contributed by atoms with van der Waals surface area (Å²) in [5.74, 6) is 0.279. The number of hydrogen-bond donors (Lipinski definition) is 1. The van der Waals surface area contributed by atoms with Crippen LogP contribution in [0.25, 0.3) is 0 Å². The lowest BCUT2D eigenvalue weighted by atomic mass is 9.97. The molecule has 4 nitrogen and oxygen atoms in total. The van der Waals surface area contributed by atoms with Crippen LogP contribution in [0, 0.1) is 0 Å². The Labute approximate surface area is 118 Å². The Bertz CT molecular complexity index is 377. The molecule has 0 aliphatic carbocycles. The molecule has 1 atom stereocenters. The molecule has 1 rings (SSSR count). The van der Waals surface area contributed by atoms with E-state index in [9.17, 15) is 8.42 Å². The first-order valence-electron chi connectivity index (χ1n) is 7.38. The van der Waals surface area contributed by atoms with Gasteiger partial charge in [0.1, 0.15) is 0 Å². The number of sulfone groups is 1. The van der Waals surface area contributed by atoms with E-state index in [0.717, 1.165) is 25.9 Å². The zero-order valence-electron chi connectivity index (χ0n) is 13.1. The third-order valence-electron chi connectivity index (χ3n) is 3.93. The topological polar surface area (TPSA) is 49.4 Å². The maximum atomic E-state index is 12.0. The highest BCUT2D eigenvalue weighted by Gasteiger charge is 2.32. The Morgan fingerprint density at radius 1 is 1.37 bits per heavy atom. The molecule has 1 aliphatic rings. The summed E-state index contributed by atoms with van der Waals surface area (Å²) in [5.41, 5.74) is 0.0752. The van der Waals surface area contributed by atoms with Crippen LogP contribution in [-0.2, 0) is 9.84 Å². The standard InChI is InChI=1S/C14H30N2O2S/c1-6-7-13-10-15-14(4,5)11-16(13)8-9-19(17,18)12(2)3/h12-13,15H,6-11H2,1-5H3. The van der Waals surface area contributed by atoms with Crippen LogP contribution in [-0.4, -0.2) is 55.5 Å². The van der Waals surface area contributed by atoms with Crippen LogP contribution in [0.3, 0.4) is 0 Å². The first-order chi connectivity index (χ1) is 8.68. The van der Waals surface area contributed by atoms with Crippen LogP contribution in [0.15, 0.2) is 0 Å². The van der Waals surface area contributed by atoms with Crippen LogP contribution >= 0.6 is 0 Å². The fourth-order valence-corrected chi connectivity index (χ4v) is 3.54. The van der Waals surface area contributed by atoms with Gasteiger partial charge in [0.25, 0.3) is 0 Å². The van der Waals surface area contributed by atoms with Gasteiger partial charge in [0, 0.05) is 31.2 Å². The smallest absolute Gasteiger partial charge is 0.153 e. The van der Waals surface area contributed by atoms with Crippen LogP contribution in [0.4, 0.5) is 0 Å². The molecule has 0 aromatic carbocycles. The molecule has 1 saturated heterocycles. The number of piperazine rings is 1. The van der Waals surface area contributed by atoms with E-state index in [4.69, 9.17) is 0 Å². The van der Waals surface area contributed by atoms with Crippen LogP contribution in [0.5, 0.6) is 0 Å². The summed E-state index contributed by atoms with van der Waals surface area (Å²) in [6.45, 7) is 12.6. The lowest BCUT2D eigenvalue weighted by Gasteiger charge is -2.44. The summed E-state index contributed by atoms with van der Waals surface area (Å²) in [4.78, 5) is 2.36. The normalized spacial score (nSPS) is 24.8. The highest BCUT2D eigenvalue weighted by atomic mass is 32.2. The summed E-state index contributed by atoms with van der Waals surface area (Å²) in [6.07, 6.45) is 2.27. The fourth-order valence-electron chi connectivity index (χ4n) is 2.58. The van der Waals surface area contributed by atoms with Crippen molar-refractivity contribution in [1.82, 2.24) is 10.2 Å². The lowest BCUT2D eigenvalue weighted by molar-refractivity contribution is 0.0958. The third-order valence-corrected chi connectivity index (χ3v) is 6.12. The van der Waals surface area contributed by atoms with Crippen molar-refractivity contribution < 1.29 is 8.42 Å². The maximum Gasteiger partial charge on any atom is 0.153 e. The zero-order valence-corrected chi connectivity index (χ0v) is 13.9. The van der Waals surface area contributed by atoms with Crippen molar-refractivity contribution in [3.63, 3.8) is 0 Å². The Balaban J connectivity index is 2.65. The molecule has 0 radical (unpaired) electrons. The van der Waals surface area contributed by atoms with Crippen molar-refractivity contribution in [2.45, 2.75) is 64.3 Å². The van der Waals surface area contributed by atoms with E-state index in [1.807, 2.05) is 0 Å². The number of rotatable bonds is 6. The molecule has 0 amide bonds. The van der Waals surface area contributed by atoms with E-state index in [2.05, 4.69) is 31.0 Å². The second-order valence-electron chi connectivity index (χ2n) is 6.59. The van der Waals surface area contributed by atoms with E-state index in [1.54, 1.807) is 13.8 Å². The molecule has 1 aliphatic heterocycles. The van der Waals surface area contributed by atoms with E-state index >= 15 is 0 Å². The Morgan fingerprint density at radius 2 is 2.00 bits per heavy atom. The van der Waals surface area contributed by atoms with Gasteiger partial charge in [0.05, 0.1) is 11.0 Å². The average Bonchev–Trinajstić information content (AvgIpc) is 2.29. The van der Waals surface area contributed by atoms with Crippen molar-refractivity contribution in [2.75, 3.05) is 25.4 Å². The molecule has 5 heteroatoms. The van der Waals surface area contributed by atoms with Gasteiger partial charge in [-0.25, -0.2) is 8.42 Å². The second-order valence-corrected chi connectivity index (χ2v) is 9.27. The average molecular weight is 290 g/mol. The predicted molar refractivity (Wildman–Crippen MR) is 81.3 cm³/mol. The van der Waals surface area contributed by atoms with Crippen molar-refractivity contribution in [3.05, 3.63) is 0 Å². The van der Waals surface area contributed by atoms with Crippen LogP contribution in [0.1, 0.15) is 47.5 Å². The Morgan fingerprint density at radius 3 is 2.53 bits per heavy atom. The quantitative estimate of drug-likeness (QED) is 0.808. The number of nitrogens with one attached hydrogen (secondary N) is 1. The van der Waals surface area contributed by atoms with Gasteiger partial charge in [0.2, 0.25) is 0 Å². The second kappa shape index (κ2) is 6.55. The lowest BCUT2D eigenvalue weighted by Crippen LogP contribution is -2.62. The first kappa shape index (κ1) is 16.9. The Kier molecular flexibility index (Phi) is 5.83. The van der Waals surface area contributed by atoms with Gasteiger partial charge in [0.15, 0.2) is 9.84 Å². The molecule has 0 aromatic heterocycles. The van der Waals surface area contributed by atoms with E-state index in [1.165, 1.54) is 0 Å². The fraction of sp³-hybridized carbons (Fsp3) is 1.00. The van der Waals surface area contributed by atoms with Crippen molar-refractivity contribution in [1.29, 1.82) is 0 Å². The number of nitrogens with zero attached hydrogens (tertiary/aromatic N) is 1. The highest BCUT2D eigenvalue weighted by Crippen LogP contribution is 2.18. The Hall–Kier alpha value is -0.130. The zero-order chi connectivity index (χ0) is 14.7. The van der Waals surface area contributed by atoms with Gasteiger partial charge < -0.3 is 5.32 Å². The van der Waals surface area contributed by atoms with E-state index < -0.39 is 9.84 Å². The van der Waals surface area contributed by atoms with Crippen molar-refractivity contribution in [2.24, 2.45) is 0 Å². The molecule has 0 aromatic rings. The van der Waals surface area contributed by atoms with E-state index in [0.29, 0.717) is 12.6 Å². The molecular weight excluding hydrogens is 260 g/mol. The molecule has 0 saturated carbocycles. The molecule has 1 unspecified atom stereocenters. The highest BCUT2D eigenvalue weighted by molar-refractivity contribution is 7.92. The van der Waals surface area contributed by atoms with E-state index in [-0.39, 0.29) is 16.5 Å². The van der Waals surface area contributed by atoms with Gasteiger partial charge in [-0.2, -0.15) is 0 Å². The van der Waals surface area contributed by atoms with Crippen LogP contribution in [0.2, 0.25) is 0 Å². The van der Waals surface area contributed by atoms with Gasteiger partial charge in [-0.1, -0.05) is 13.3 Å². The van der Waals surface area contributed by atoms with Crippen molar-refractivity contribution in [3.8, 4) is 0 Å². The van der Waals surface area contributed by atoms with Gasteiger partial charge >= 0.3 is 0 Å². The first-order valence-corrected chi connectivity index (χ1v) is 9.10. The summed E-state index contributed by atoms with van der Waals surface area (Å²) in [5, 5.41) is 3.28. The molecule has 114 valence electrons. The minimum Gasteiger partial charge on any atom is -0.309 e. The minimum atomic E-state index is -2.94. The summed E-state index contributed by atoms with van der Waals surface area (Å²) >= 11 is 0. The largest absolute Gasteiger partial charge is 0.309 e. The molecule has 1 heterocycles. The molecule has 1 fully saturated rings. The van der Waals surface area contributed by atoms with Gasteiger partial charge in [-0.3, -0.25) is 4.90 Å². The van der Waals surface area contributed by atoms with Gasteiger partial charge in [-0.15, -0.1) is 0 Å². The molecule has 19 heavy (non-hydrogen) atoms. The van der Waals surface area contributed by atoms with Gasteiger partial charge in [-0.05, 0) is 34.1 Å². The third kappa shape index (κ3) is 5.04. The monoisotopic (exact) mass is 290 g/mol. The predicted octanol–water partition coefficient (Wildman–Crippen LogP) is 1.66.